The van der Waals surface area contributed by atoms with Gasteiger partial charge in [0, 0.05) is 29.4 Å². The number of amides is 1. The van der Waals surface area contributed by atoms with Crippen LogP contribution in [0, 0.1) is 6.92 Å². The van der Waals surface area contributed by atoms with Gasteiger partial charge in [0.15, 0.2) is 0 Å². The van der Waals surface area contributed by atoms with E-state index in [2.05, 4.69) is 45.0 Å². The van der Waals surface area contributed by atoms with E-state index in [4.69, 9.17) is 0 Å². The van der Waals surface area contributed by atoms with Gasteiger partial charge in [0.05, 0.1) is 17.4 Å². The maximum absolute atomic E-state index is 12.5. The molecule has 0 unspecified atom stereocenters. The summed E-state index contributed by atoms with van der Waals surface area (Å²) in [4.78, 5) is 19.0. The van der Waals surface area contributed by atoms with Crippen LogP contribution in [0.1, 0.15) is 42.6 Å². The molecule has 1 amide bonds. The molecule has 0 spiro atoms. The standard InChI is InChI=1S/C19H24BrN3O/c1-4-8-23(9-5-2)17-10-15(12-21-13-17)19(24)22-16-7-6-14(3)18(20)11-16/h6-7,10-13H,4-5,8-9H2,1-3H3,(H,22,24). The van der Waals surface area contributed by atoms with Gasteiger partial charge in [-0.1, -0.05) is 35.8 Å². The SMILES string of the molecule is CCCN(CCC)c1cncc(C(=O)Nc2ccc(C)c(Br)c2)c1. The number of anilines is 2. The molecule has 128 valence electrons. The molecule has 5 heteroatoms. The maximum Gasteiger partial charge on any atom is 0.257 e. The summed E-state index contributed by atoms with van der Waals surface area (Å²) >= 11 is 3.49. The molecule has 0 fully saturated rings. The Bertz CT molecular complexity index is 697. The predicted molar refractivity (Wildman–Crippen MR) is 104 cm³/mol. The van der Waals surface area contributed by atoms with Crippen molar-refractivity contribution in [2.24, 2.45) is 0 Å². The number of nitrogens with one attached hydrogen (secondary N) is 1. The first-order valence-electron chi connectivity index (χ1n) is 8.32. The van der Waals surface area contributed by atoms with Gasteiger partial charge in [-0.05, 0) is 43.5 Å². The largest absolute Gasteiger partial charge is 0.370 e. The smallest absolute Gasteiger partial charge is 0.257 e. The summed E-state index contributed by atoms with van der Waals surface area (Å²) < 4.78 is 0.976. The Kier molecular flexibility index (Phi) is 6.79. The number of pyridine rings is 1. The van der Waals surface area contributed by atoms with Crippen molar-refractivity contribution in [1.82, 2.24) is 4.98 Å². The molecular formula is C19H24BrN3O. The van der Waals surface area contributed by atoms with E-state index in [1.807, 2.05) is 37.4 Å². The highest BCUT2D eigenvalue weighted by molar-refractivity contribution is 9.10. The third-order valence-corrected chi connectivity index (χ3v) is 4.62. The summed E-state index contributed by atoms with van der Waals surface area (Å²) in [7, 11) is 0. The lowest BCUT2D eigenvalue weighted by Crippen LogP contribution is -2.25. The molecule has 0 atom stereocenters. The normalized spacial score (nSPS) is 10.5. The zero-order chi connectivity index (χ0) is 17.5. The number of hydrogen-bond acceptors (Lipinski definition) is 3. The molecule has 1 aromatic heterocycles. The van der Waals surface area contributed by atoms with Crippen molar-refractivity contribution in [3.63, 3.8) is 0 Å². The monoisotopic (exact) mass is 389 g/mol. The lowest BCUT2D eigenvalue weighted by Gasteiger charge is -2.23. The Hall–Kier alpha value is -1.88. The molecule has 0 aliphatic heterocycles. The minimum absolute atomic E-state index is 0.145. The number of benzene rings is 1. The maximum atomic E-state index is 12.5. The van der Waals surface area contributed by atoms with Gasteiger partial charge in [-0.2, -0.15) is 0 Å². The molecule has 2 aromatic rings. The number of carbonyl (C=O) groups excluding carboxylic acids is 1. The first kappa shape index (κ1) is 18.5. The van der Waals surface area contributed by atoms with Gasteiger partial charge in [0.1, 0.15) is 0 Å². The molecule has 0 aliphatic rings. The summed E-state index contributed by atoms with van der Waals surface area (Å²) in [5.41, 5.74) is 3.46. The van der Waals surface area contributed by atoms with Gasteiger partial charge in [-0.25, -0.2) is 0 Å². The first-order chi connectivity index (χ1) is 11.5. The number of nitrogens with zero attached hydrogens (tertiary/aromatic N) is 2. The minimum atomic E-state index is -0.145. The molecule has 0 aliphatic carbocycles. The molecule has 4 nitrogen and oxygen atoms in total. The van der Waals surface area contributed by atoms with Crippen LogP contribution >= 0.6 is 15.9 Å². The molecule has 1 heterocycles. The van der Waals surface area contributed by atoms with Crippen LogP contribution in [0.3, 0.4) is 0 Å². The zero-order valence-corrected chi connectivity index (χ0v) is 16.1. The van der Waals surface area contributed by atoms with Crippen LogP contribution in [0.2, 0.25) is 0 Å². The third kappa shape index (κ3) is 4.81. The van der Waals surface area contributed by atoms with Gasteiger partial charge in [0.2, 0.25) is 0 Å². The Labute approximate surface area is 152 Å². The lowest BCUT2D eigenvalue weighted by molar-refractivity contribution is 0.102. The molecule has 1 aromatic carbocycles. The van der Waals surface area contributed by atoms with Crippen molar-refractivity contribution in [2.75, 3.05) is 23.3 Å². The fraction of sp³-hybridized carbons (Fsp3) is 0.368. The molecule has 1 N–H and O–H groups in total. The topological polar surface area (TPSA) is 45.2 Å². The molecule has 0 bridgehead atoms. The Balaban J connectivity index is 2.17. The van der Waals surface area contributed by atoms with E-state index in [0.29, 0.717) is 5.56 Å². The van der Waals surface area contributed by atoms with Crippen LogP contribution in [0.15, 0.2) is 41.1 Å². The van der Waals surface area contributed by atoms with Crippen molar-refractivity contribution in [3.05, 3.63) is 52.3 Å². The minimum Gasteiger partial charge on any atom is -0.370 e. The molecule has 0 saturated heterocycles. The molecule has 2 rings (SSSR count). The Morgan fingerprint density at radius 3 is 2.50 bits per heavy atom. The fourth-order valence-corrected chi connectivity index (χ4v) is 2.89. The number of aryl methyl sites for hydroxylation is 1. The second kappa shape index (κ2) is 8.83. The van der Waals surface area contributed by atoms with Crippen LogP contribution in [-0.4, -0.2) is 24.0 Å². The van der Waals surface area contributed by atoms with E-state index in [9.17, 15) is 4.79 Å². The number of hydrogen-bond donors (Lipinski definition) is 1. The van der Waals surface area contributed by atoms with Gasteiger partial charge >= 0.3 is 0 Å². The summed E-state index contributed by atoms with van der Waals surface area (Å²) in [6.45, 7) is 8.25. The van der Waals surface area contributed by atoms with Crippen molar-refractivity contribution in [1.29, 1.82) is 0 Å². The van der Waals surface area contributed by atoms with E-state index in [-0.39, 0.29) is 5.91 Å². The van der Waals surface area contributed by atoms with E-state index < -0.39 is 0 Å². The molecule has 0 saturated carbocycles. The summed E-state index contributed by atoms with van der Waals surface area (Å²) in [5.74, 6) is -0.145. The average Bonchev–Trinajstić information content (AvgIpc) is 2.58. The van der Waals surface area contributed by atoms with Crippen LogP contribution in [-0.2, 0) is 0 Å². The van der Waals surface area contributed by atoms with Gasteiger partial charge in [-0.15, -0.1) is 0 Å². The highest BCUT2D eigenvalue weighted by Crippen LogP contribution is 2.22. The summed E-state index contributed by atoms with van der Waals surface area (Å²) in [6.07, 6.45) is 5.56. The average molecular weight is 390 g/mol. The van der Waals surface area contributed by atoms with Crippen LogP contribution < -0.4 is 10.2 Å². The van der Waals surface area contributed by atoms with Gasteiger partial charge in [0.25, 0.3) is 5.91 Å². The fourth-order valence-electron chi connectivity index (χ4n) is 2.51. The number of aromatic nitrogens is 1. The summed E-state index contributed by atoms with van der Waals surface area (Å²) in [5, 5.41) is 2.93. The van der Waals surface area contributed by atoms with Crippen molar-refractivity contribution in [2.45, 2.75) is 33.6 Å². The van der Waals surface area contributed by atoms with E-state index in [1.54, 1.807) is 6.20 Å². The zero-order valence-electron chi connectivity index (χ0n) is 14.5. The summed E-state index contributed by atoms with van der Waals surface area (Å²) in [6, 6.07) is 7.69. The third-order valence-electron chi connectivity index (χ3n) is 3.77. The number of rotatable bonds is 7. The second-order valence-electron chi connectivity index (χ2n) is 5.84. The number of carbonyl (C=O) groups is 1. The van der Waals surface area contributed by atoms with Crippen molar-refractivity contribution in [3.8, 4) is 0 Å². The quantitative estimate of drug-likeness (QED) is 0.721. The highest BCUT2D eigenvalue weighted by atomic mass is 79.9. The number of halogens is 1. The van der Waals surface area contributed by atoms with E-state index >= 15 is 0 Å². The van der Waals surface area contributed by atoms with Gasteiger partial charge in [-0.3, -0.25) is 9.78 Å². The lowest BCUT2D eigenvalue weighted by atomic mass is 10.2. The molecule has 24 heavy (non-hydrogen) atoms. The molecule has 0 radical (unpaired) electrons. The Morgan fingerprint density at radius 2 is 1.88 bits per heavy atom. The Morgan fingerprint density at radius 1 is 1.17 bits per heavy atom. The van der Waals surface area contributed by atoms with Crippen molar-refractivity contribution >= 4 is 33.2 Å². The van der Waals surface area contributed by atoms with Gasteiger partial charge < -0.3 is 10.2 Å². The van der Waals surface area contributed by atoms with Crippen LogP contribution in [0.5, 0.6) is 0 Å². The van der Waals surface area contributed by atoms with Crippen molar-refractivity contribution < 1.29 is 4.79 Å². The van der Waals surface area contributed by atoms with Crippen LogP contribution in [0.4, 0.5) is 11.4 Å². The first-order valence-corrected chi connectivity index (χ1v) is 9.12. The van der Waals surface area contributed by atoms with Crippen LogP contribution in [0.25, 0.3) is 0 Å². The second-order valence-corrected chi connectivity index (χ2v) is 6.69. The van der Waals surface area contributed by atoms with E-state index in [1.165, 1.54) is 0 Å². The molecular weight excluding hydrogens is 366 g/mol. The highest BCUT2D eigenvalue weighted by Gasteiger charge is 2.11. The predicted octanol–water partition coefficient (Wildman–Crippen LogP) is 5.03. The van der Waals surface area contributed by atoms with E-state index in [0.717, 1.165) is 47.3 Å².